The number of benzene rings is 2. The minimum absolute atomic E-state index is 0. The number of rotatable bonds is 13. The Balaban J connectivity index is 0.00000462. The summed E-state index contributed by atoms with van der Waals surface area (Å²) in [6, 6.07) is 15.8. The van der Waals surface area contributed by atoms with E-state index in [1.54, 1.807) is 41.9 Å². The van der Waals surface area contributed by atoms with E-state index < -0.39 is 22.9 Å². The van der Waals surface area contributed by atoms with Crippen molar-refractivity contribution in [2.75, 3.05) is 42.1 Å². The summed E-state index contributed by atoms with van der Waals surface area (Å²) in [5.41, 5.74) is 2.64. The molecule has 1 aliphatic heterocycles. The molecule has 10 nitrogen and oxygen atoms in total. The van der Waals surface area contributed by atoms with E-state index in [9.17, 15) is 19.0 Å². The van der Waals surface area contributed by atoms with E-state index in [2.05, 4.69) is 16.0 Å². The number of amides is 1. The number of nitrogens with zero attached hydrogens (tertiary/aromatic N) is 1. The molecule has 1 aliphatic rings. The van der Waals surface area contributed by atoms with Crippen molar-refractivity contribution in [2.24, 2.45) is 0 Å². The van der Waals surface area contributed by atoms with Crippen molar-refractivity contribution in [3.05, 3.63) is 77.7 Å². The van der Waals surface area contributed by atoms with Crippen molar-refractivity contribution >= 4 is 40.5 Å². The number of carbonyl (C=O) groups is 1. The highest BCUT2D eigenvalue weighted by molar-refractivity contribution is 8.25. The normalized spacial score (nSPS) is 16.7. The van der Waals surface area contributed by atoms with Crippen LogP contribution in [0.15, 0.2) is 65.3 Å². The van der Waals surface area contributed by atoms with E-state index >= 15 is 0 Å². The van der Waals surface area contributed by atoms with E-state index in [0.29, 0.717) is 54.5 Å². The van der Waals surface area contributed by atoms with Gasteiger partial charge in [-0.1, -0.05) is 12.1 Å². The van der Waals surface area contributed by atoms with Crippen LogP contribution >= 0.6 is 23.2 Å². The molecular weight excluding hydrogens is 568 g/mol. The van der Waals surface area contributed by atoms with Crippen LogP contribution in [0.2, 0.25) is 0 Å². The van der Waals surface area contributed by atoms with E-state index in [1.807, 2.05) is 37.3 Å². The van der Waals surface area contributed by atoms with Crippen molar-refractivity contribution < 1.29 is 28.2 Å². The van der Waals surface area contributed by atoms with Crippen molar-refractivity contribution in [1.29, 1.82) is 0 Å². The second-order valence-corrected chi connectivity index (χ2v) is 12.0. The lowest BCUT2D eigenvalue weighted by Gasteiger charge is -2.47. The average Bonchev–Trinajstić information content (AvgIpc) is 3.45. The van der Waals surface area contributed by atoms with Crippen LogP contribution in [-0.4, -0.2) is 64.8 Å². The van der Waals surface area contributed by atoms with Crippen LogP contribution in [0.1, 0.15) is 41.4 Å². The Bertz CT molecular complexity index is 1250. The van der Waals surface area contributed by atoms with Crippen LogP contribution in [0, 0.1) is 0 Å². The smallest absolute Gasteiger partial charge is 0.251 e. The zero-order valence-corrected chi connectivity index (χ0v) is 25.0. The summed E-state index contributed by atoms with van der Waals surface area (Å²) in [4.78, 5) is 13.6. The quantitative estimate of drug-likeness (QED) is 0.160. The van der Waals surface area contributed by atoms with Gasteiger partial charge in [-0.2, -0.15) is 0 Å². The summed E-state index contributed by atoms with van der Waals surface area (Å²) in [6.07, 6.45) is 2.53. The van der Waals surface area contributed by atoms with Gasteiger partial charge >= 0.3 is 0 Å². The van der Waals surface area contributed by atoms with Crippen LogP contribution in [0.4, 0.5) is 11.4 Å². The third-order valence-corrected chi connectivity index (χ3v) is 8.77. The number of ether oxygens (including phenoxy) is 1. The fraction of sp³-hybridized carbons (Fsp3) is 0.414. The molecule has 0 aliphatic carbocycles. The second-order valence-electron chi connectivity index (χ2n) is 9.86. The van der Waals surface area contributed by atoms with Crippen LogP contribution in [0.25, 0.3) is 0 Å². The second kappa shape index (κ2) is 15.3. The number of aliphatic hydroxyl groups excluding tert-OH is 1. The van der Waals surface area contributed by atoms with Gasteiger partial charge in [0.2, 0.25) is 0 Å². The summed E-state index contributed by atoms with van der Waals surface area (Å²) in [7, 11) is -1.34. The van der Waals surface area contributed by atoms with Gasteiger partial charge in [-0.05, 0) is 67.8 Å². The minimum atomic E-state index is -2.95. The lowest BCUT2D eigenvalue weighted by Crippen LogP contribution is -2.48. The predicted octanol–water partition coefficient (Wildman–Crippen LogP) is 4.90. The van der Waals surface area contributed by atoms with Crippen LogP contribution in [-0.2, 0) is 13.0 Å². The van der Waals surface area contributed by atoms with Crippen molar-refractivity contribution in [3.8, 4) is 5.75 Å². The monoisotopic (exact) mass is 608 g/mol. The van der Waals surface area contributed by atoms with Gasteiger partial charge in [0.1, 0.15) is 11.5 Å². The Morgan fingerprint density at radius 1 is 1.15 bits per heavy atom. The predicted molar refractivity (Wildman–Crippen MR) is 167 cm³/mol. The lowest BCUT2D eigenvalue weighted by atomic mass is 10.0. The van der Waals surface area contributed by atoms with Crippen molar-refractivity contribution in [1.82, 2.24) is 10.6 Å². The number of aliphatic hydroxyl groups is 1. The summed E-state index contributed by atoms with van der Waals surface area (Å²) >= 11 is 0. The number of anilines is 2. The Labute approximate surface area is 249 Å². The topological polar surface area (TPSA) is 139 Å². The Hall–Kier alpha value is -2.93. The van der Waals surface area contributed by atoms with Gasteiger partial charge in [0.25, 0.3) is 5.91 Å². The van der Waals surface area contributed by atoms with E-state index in [-0.39, 0.29) is 24.9 Å². The molecule has 41 heavy (non-hydrogen) atoms. The van der Waals surface area contributed by atoms with Gasteiger partial charge in [0.05, 0.1) is 37.0 Å². The first kappa shape index (κ1) is 32.6. The molecular formula is C29H41ClN4O6S. The van der Waals surface area contributed by atoms with Crippen LogP contribution in [0.5, 0.6) is 5.75 Å². The number of halogens is 1. The average molecular weight is 609 g/mol. The number of furan rings is 1. The Morgan fingerprint density at radius 3 is 2.68 bits per heavy atom. The molecule has 2 atom stereocenters. The van der Waals surface area contributed by atoms with E-state index in [0.717, 1.165) is 24.2 Å². The molecule has 2 aromatic carbocycles. The highest BCUT2D eigenvalue weighted by Crippen LogP contribution is 2.50. The number of hydrogen-bond acceptors (Lipinski definition) is 9. The molecule has 12 heteroatoms. The van der Waals surface area contributed by atoms with Gasteiger partial charge in [-0.15, -0.1) is 23.2 Å². The van der Waals surface area contributed by atoms with E-state index in [4.69, 9.17) is 9.15 Å². The summed E-state index contributed by atoms with van der Waals surface area (Å²) < 4.78 is 33.7. The van der Waals surface area contributed by atoms with Crippen molar-refractivity contribution in [3.63, 3.8) is 0 Å². The SMILES string of the molecule is CCNc1cc(C(=O)N[C@@H](Cc2ccco2)[C@H](O)CNCc2cccc(OC)c2)cc(N2CCCCS2(O)O)c1.Cl. The largest absolute Gasteiger partial charge is 0.497 e. The fourth-order valence-corrected chi connectivity index (χ4v) is 6.44. The van der Waals surface area contributed by atoms with Gasteiger partial charge < -0.3 is 30.2 Å². The molecule has 0 unspecified atom stereocenters. The molecule has 1 amide bonds. The fourth-order valence-electron chi connectivity index (χ4n) is 4.77. The molecule has 0 spiro atoms. The third-order valence-electron chi connectivity index (χ3n) is 6.83. The molecule has 226 valence electrons. The van der Waals surface area contributed by atoms with Crippen molar-refractivity contribution in [2.45, 2.75) is 44.9 Å². The number of methoxy groups -OCH3 is 1. The summed E-state index contributed by atoms with van der Waals surface area (Å²) in [6.45, 7) is 3.85. The molecule has 1 aromatic heterocycles. The molecule has 0 saturated carbocycles. The van der Waals surface area contributed by atoms with Gasteiger partial charge in [0.15, 0.2) is 0 Å². The maximum Gasteiger partial charge on any atom is 0.251 e. The molecule has 1 saturated heterocycles. The summed E-state index contributed by atoms with van der Waals surface area (Å²) in [5.74, 6) is 1.33. The highest BCUT2D eigenvalue weighted by Gasteiger charge is 2.29. The molecule has 4 rings (SSSR count). The summed E-state index contributed by atoms with van der Waals surface area (Å²) in [5, 5.41) is 20.6. The van der Waals surface area contributed by atoms with Gasteiger partial charge in [0, 0.05) is 43.9 Å². The standard InChI is InChI=1S/C29H40N4O6S.ClH/c1-3-31-23-15-22(16-24(17-23)33-11-4-5-13-40(33,36)37)29(35)32-27(18-26-10-7-12-39-26)28(34)20-30-19-21-8-6-9-25(14-21)38-2;/h6-10,12,14-17,27-28,30-31,34,36-37H,3-5,11,13,18-20H2,1-2H3,(H,32,35);1H/t27-,28+;/m0./s1. The first-order valence-corrected chi connectivity index (χ1v) is 15.2. The first-order valence-electron chi connectivity index (χ1n) is 13.6. The van der Waals surface area contributed by atoms with E-state index in [1.165, 1.54) is 0 Å². The minimum Gasteiger partial charge on any atom is -0.497 e. The van der Waals surface area contributed by atoms with Gasteiger partial charge in [-0.25, -0.2) is 0 Å². The number of nitrogens with one attached hydrogen (secondary N) is 3. The zero-order chi connectivity index (χ0) is 28.5. The maximum atomic E-state index is 13.6. The molecule has 6 N–H and O–H groups in total. The molecule has 2 heterocycles. The molecule has 0 radical (unpaired) electrons. The van der Waals surface area contributed by atoms with Crippen LogP contribution in [0.3, 0.4) is 0 Å². The van der Waals surface area contributed by atoms with Crippen LogP contribution < -0.4 is 25.0 Å². The first-order chi connectivity index (χ1) is 19.3. The van der Waals surface area contributed by atoms with Gasteiger partial charge in [-0.3, -0.25) is 18.2 Å². The molecule has 0 bridgehead atoms. The molecule has 1 fully saturated rings. The maximum absolute atomic E-state index is 13.6. The number of carbonyl (C=O) groups excluding carboxylic acids is 1. The number of hydrogen-bond donors (Lipinski definition) is 6. The third kappa shape index (κ3) is 9.03. The lowest BCUT2D eigenvalue weighted by molar-refractivity contribution is 0.0823. The zero-order valence-electron chi connectivity index (χ0n) is 23.4. The molecule has 3 aromatic rings. The Kier molecular flexibility index (Phi) is 12.2. The highest BCUT2D eigenvalue weighted by atomic mass is 35.5. The Morgan fingerprint density at radius 2 is 1.98 bits per heavy atom.